The zero-order valence-electron chi connectivity index (χ0n) is 10.9. The lowest BCUT2D eigenvalue weighted by Crippen LogP contribution is -2.52. The van der Waals surface area contributed by atoms with Gasteiger partial charge in [-0.05, 0) is 37.6 Å². The van der Waals surface area contributed by atoms with Gasteiger partial charge in [0.05, 0.1) is 5.56 Å². The lowest BCUT2D eigenvalue weighted by atomic mass is 10.1. The number of carbonyl (C=O) groups excluding carboxylic acids is 1. The number of amides is 1. The summed E-state index contributed by atoms with van der Waals surface area (Å²) in [6.07, 6.45) is 2.39. The number of rotatable bonds is 1. The number of anilines is 1. The number of phenols is 1. The number of benzene rings is 1. The van der Waals surface area contributed by atoms with Gasteiger partial charge < -0.3 is 15.7 Å². The van der Waals surface area contributed by atoms with Crippen molar-refractivity contribution in [1.82, 2.24) is 9.80 Å². The van der Waals surface area contributed by atoms with Gasteiger partial charge in [0.1, 0.15) is 5.75 Å². The average Bonchev–Trinajstić information content (AvgIpc) is 2.88. The number of hydrogen-bond donors (Lipinski definition) is 2. The highest BCUT2D eigenvalue weighted by Gasteiger charge is 2.33. The number of nitrogens with two attached hydrogens (primary N) is 1. The molecule has 19 heavy (non-hydrogen) atoms. The number of nitrogens with zero attached hydrogens (tertiary/aromatic N) is 2. The first kappa shape index (κ1) is 12.3. The molecule has 1 unspecified atom stereocenters. The van der Waals surface area contributed by atoms with E-state index in [-0.39, 0.29) is 11.7 Å². The van der Waals surface area contributed by atoms with E-state index >= 15 is 0 Å². The molecule has 0 saturated carbocycles. The fourth-order valence-electron chi connectivity index (χ4n) is 3.08. The van der Waals surface area contributed by atoms with E-state index in [0.717, 1.165) is 26.2 Å². The lowest BCUT2D eigenvalue weighted by molar-refractivity contribution is 0.0572. The van der Waals surface area contributed by atoms with Crippen LogP contribution in [-0.2, 0) is 0 Å². The number of phenolic OH excluding ortho intramolecular Hbond substituents is 1. The fourth-order valence-corrected chi connectivity index (χ4v) is 3.08. The molecule has 5 heteroatoms. The van der Waals surface area contributed by atoms with Gasteiger partial charge in [0.15, 0.2) is 0 Å². The largest absolute Gasteiger partial charge is 0.508 e. The third-order valence-electron chi connectivity index (χ3n) is 4.14. The van der Waals surface area contributed by atoms with Gasteiger partial charge in [0, 0.05) is 31.4 Å². The summed E-state index contributed by atoms with van der Waals surface area (Å²) in [5, 5.41) is 9.50. The standard InChI is InChI=1S/C14H19N3O2/c15-13-4-3-11(18)8-12(13)14(19)17-7-6-16-5-1-2-10(16)9-17/h3-4,8,10,18H,1-2,5-7,9,15H2. The second kappa shape index (κ2) is 4.74. The maximum absolute atomic E-state index is 12.5. The first-order chi connectivity index (χ1) is 9.15. The topological polar surface area (TPSA) is 69.8 Å². The second-order valence-corrected chi connectivity index (χ2v) is 5.35. The number of hydrogen-bond acceptors (Lipinski definition) is 4. The summed E-state index contributed by atoms with van der Waals surface area (Å²) in [7, 11) is 0. The fraction of sp³-hybridized carbons (Fsp3) is 0.500. The molecule has 1 aromatic carbocycles. The lowest BCUT2D eigenvalue weighted by Gasteiger charge is -2.37. The normalized spacial score (nSPS) is 23.4. The summed E-state index contributed by atoms with van der Waals surface area (Å²) in [5.41, 5.74) is 6.67. The average molecular weight is 261 g/mol. The predicted octanol–water partition coefficient (Wildman–Crippen LogP) is 0.895. The van der Waals surface area contributed by atoms with Gasteiger partial charge in [-0.15, -0.1) is 0 Å². The molecular formula is C14H19N3O2. The highest BCUT2D eigenvalue weighted by atomic mass is 16.3. The Morgan fingerprint density at radius 1 is 1.32 bits per heavy atom. The summed E-state index contributed by atoms with van der Waals surface area (Å²) < 4.78 is 0. The van der Waals surface area contributed by atoms with E-state index in [2.05, 4.69) is 4.90 Å². The molecule has 2 aliphatic heterocycles. The predicted molar refractivity (Wildman–Crippen MR) is 73.0 cm³/mol. The highest BCUT2D eigenvalue weighted by Crippen LogP contribution is 2.25. The molecule has 102 valence electrons. The Hall–Kier alpha value is -1.75. The Balaban J connectivity index is 1.78. The van der Waals surface area contributed by atoms with Gasteiger partial charge >= 0.3 is 0 Å². The molecule has 3 rings (SSSR count). The summed E-state index contributed by atoms with van der Waals surface area (Å²) >= 11 is 0. The molecule has 2 aliphatic rings. The van der Waals surface area contributed by atoms with Crippen LogP contribution in [0.3, 0.4) is 0 Å². The molecule has 0 bridgehead atoms. The van der Waals surface area contributed by atoms with Crippen molar-refractivity contribution in [2.75, 3.05) is 31.9 Å². The summed E-state index contributed by atoms with van der Waals surface area (Å²) in [6, 6.07) is 5.03. The van der Waals surface area contributed by atoms with Gasteiger partial charge in [-0.3, -0.25) is 9.69 Å². The van der Waals surface area contributed by atoms with Gasteiger partial charge in [-0.25, -0.2) is 0 Å². The van der Waals surface area contributed by atoms with Crippen LogP contribution in [-0.4, -0.2) is 53.0 Å². The zero-order valence-corrected chi connectivity index (χ0v) is 10.9. The molecule has 1 amide bonds. The summed E-state index contributed by atoms with van der Waals surface area (Å²) in [5.74, 6) is 0.0111. The first-order valence-corrected chi connectivity index (χ1v) is 6.77. The van der Waals surface area contributed by atoms with Crippen molar-refractivity contribution in [2.45, 2.75) is 18.9 Å². The second-order valence-electron chi connectivity index (χ2n) is 5.35. The molecule has 0 aromatic heterocycles. The van der Waals surface area contributed by atoms with E-state index < -0.39 is 0 Å². The van der Waals surface area contributed by atoms with Crippen LogP contribution >= 0.6 is 0 Å². The van der Waals surface area contributed by atoms with Crippen LogP contribution < -0.4 is 5.73 Å². The van der Waals surface area contributed by atoms with Gasteiger partial charge in [0.25, 0.3) is 5.91 Å². The van der Waals surface area contributed by atoms with E-state index in [1.54, 1.807) is 6.07 Å². The van der Waals surface area contributed by atoms with Crippen LogP contribution in [0.4, 0.5) is 5.69 Å². The molecule has 2 saturated heterocycles. The Bertz CT molecular complexity index is 503. The molecular weight excluding hydrogens is 242 g/mol. The van der Waals surface area contributed by atoms with Crippen molar-refractivity contribution in [3.05, 3.63) is 23.8 Å². The SMILES string of the molecule is Nc1ccc(O)cc1C(=O)N1CCN2CCCC2C1. The zero-order chi connectivity index (χ0) is 13.4. The van der Waals surface area contributed by atoms with Crippen LogP contribution in [0, 0.1) is 0 Å². The maximum Gasteiger partial charge on any atom is 0.256 e. The van der Waals surface area contributed by atoms with Crippen molar-refractivity contribution >= 4 is 11.6 Å². The molecule has 0 spiro atoms. The van der Waals surface area contributed by atoms with Crippen molar-refractivity contribution in [2.24, 2.45) is 0 Å². The van der Waals surface area contributed by atoms with Gasteiger partial charge in [0.2, 0.25) is 0 Å². The smallest absolute Gasteiger partial charge is 0.256 e. The van der Waals surface area contributed by atoms with E-state index in [1.807, 2.05) is 4.90 Å². The molecule has 1 atom stereocenters. The Morgan fingerprint density at radius 2 is 2.16 bits per heavy atom. The number of carbonyl (C=O) groups is 1. The summed E-state index contributed by atoms with van der Waals surface area (Å²) in [4.78, 5) is 16.8. The molecule has 0 aliphatic carbocycles. The third kappa shape index (κ3) is 2.26. The number of fused-ring (bicyclic) bond motifs is 1. The van der Waals surface area contributed by atoms with Crippen LogP contribution in [0.25, 0.3) is 0 Å². The van der Waals surface area contributed by atoms with E-state index in [9.17, 15) is 9.90 Å². The monoisotopic (exact) mass is 261 g/mol. The Morgan fingerprint density at radius 3 is 3.00 bits per heavy atom. The quantitative estimate of drug-likeness (QED) is 0.582. The number of aromatic hydroxyl groups is 1. The number of piperazine rings is 1. The first-order valence-electron chi connectivity index (χ1n) is 6.77. The molecule has 3 N–H and O–H groups in total. The van der Waals surface area contributed by atoms with E-state index in [4.69, 9.17) is 5.73 Å². The van der Waals surface area contributed by atoms with Crippen LogP contribution in [0.15, 0.2) is 18.2 Å². The van der Waals surface area contributed by atoms with Crippen molar-refractivity contribution in [3.63, 3.8) is 0 Å². The van der Waals surface area contributed by atoms with Crippen LogP contribution in [0.2, 0.25) is 0 Å². The minimum Gasteiger partial charge on any atom is -0.508 e. The molecule has 5 nitrogen and oxygen atoms in total. The van der Waals surface area contributed by atoms with Crippen molar-refractivity contribution in [1.29, 1.82) is 0 Å². The molecule has 2 heterocycles. The molecule has 2 fully saturated rings. The summed E-state index contributed by atoms with van der Waals surface area (Å²) in [6.45, 7) is 3.61. The van der Waals surface area contributed by atoms with Crippen molar-refractivity contribution in [3.8, 4) is 5.75 Å². The Kier molecular flexibility index (Phi) is 3.06. The van der Waals surface area contributed by atoms with Gasteiger partial charge in [-0.1, -0.05) is 0 Å². The highest BCUT2D eigenvalue weighted by molar-refractivity contribution is 5.99. The van der Waals surface area contributed by atoms with Crippen LogP contribution in [0.5, 0.6) is 5.75 Å². The molecule has 0 radical (unpaired) electrons. The minimum atomic E-state index is -0.0695. The number of nitrogen functional groups attached to an aromatic ring is 1. The van der Waals surface area contributed by atoms with Crippen molar-refractivity contribution < 1.29 is 9.90 Å². The van der Waals surface area contributed by atoms with E-state index in [0.29, 0.717) is 17.3 Å². The minimum absolute atomic E-state index is 0.0695. The maximum atomic E-state index is 12.5. The van der Waals surface area contributed by atoms with Crippen LogP contribution in [0.1, 0.15) is 23.2 Å². The Labute approximate surface area is 112 Å². The van der Waals surface area contributed by atoms with Gasteiger partial charge in [-0.2, -0.15) is 0 Å². The van der Waals surface area contributed by atoms with E-state index in [1.165, 1.54) is 25.0 Å². The molecule has 1 aromatic rings. The third-order valence-corrected chi connectivity index (χ3v) is 4.14.